The Balaban J connectivity index is 1.79. The largest absolute Gasteiger partial charge is 0.332 e. The predicted molar refractivity (Wildman–Crippen MR) is 50.6 cm³/mol. The Morgan fingerprint density at radius 3 is 2.93 bits per heavy atom. The fourth-order valence-corrected chi connectivity index (χ4v) is 2.17. The van der Waals surface area contributed by atoms with Crippen molar-refractivity contribution < 1.29 is 4.79 Å². The van der Waals surface area contributed by atoms with Gasteiger partial charge in [-0.3, -0.25) is 4.79 Å². The Hall–Kier alpha value is -1.46. The normalized spacial score (nSPS) is 25.9. The molecule has 0 bridgehead atoms. The molecule has 15 heavy (non-hydrogen) atoms. The number of carbonyl (C=O) groups excluding carboxylic acids is 1. The van der Waals surface area contributed by atoms with Crippen LogP contribution >= 0.6 is 0 Å². The molecule has 2 aliphatic rings. The molecule has 1 atom stereocenters. The highest BCUT2D eigenvalue weighted by atomic mass is 16.2. The molecule has 1 aliphatic carbocycles. The van der Waals surface area contributed by atoms with Crippen LogP contribution in [0.4, 0.5) is 0 Å². The third-order valence-electron chi connectivity index (χ3n) is 3.12. The summed E-state index contributed by atoms with van der Waals surface area (Å²) < 4.78 is 0. The molecule has 1 aliphatic heterocycles. The summed E-state index contributed by atoms with van der Waals surface area (Å²) in [5, 5.41) is 13.9. The first-order valence-corrected chi connectivity index (χ1v) is 5.40. The number of nitrogens with one attached hydrogen (secondary N) is 1. The van der Waals surface area contributed by atoms with Crippen LogP contribution in [0.1, 0.15) is 37.5 Å². The molecular weight excluding hydrogens is 194 g/mol. The fourth-order valence-electron chi connectivity index (χ4n) is 2.17. The van der Waals surface area contributed by atoms with Gasteiger partial charge >= 0.3 is 0 Å². The minimum atomic E-state index is 0.0526. The summed E-state index contributed by atoms with van der Waals surface area (Å²) in [4.78, 5) is 13.9. The second kappa shape index (κ2) is 3.29. The van der Waals surface area contributed by atoms with Gasteiger partial charge in [-0.1, -0.05) is 5.21 Å². The van der Waals surface area contributed by atoms with Gasteiger partial charge in [-0.2, -0.15) is 5.21 Å². The van der Waals surface area contributed by atoms with Gasteiger partial charge in [-0.05, 0) is 25.7 Å². The van der Waals surface area contributed by atoms with Crippen molar-refractivity contribution in [3.63, 3.8) is 0 Å². The number of rotatable bonds is 2. The highest BCUT2D eigenvalue weighted by molar-refractivity contribution is 5.81. The molecule has 0 aromatic carbocycles. The van der Waals surface area contributed by atoms with Gasteiger partial charge in [0.1, 0.15) is 0 Å². The van der Waals surface area contributed by atoms with Crippen LogP contribution in [-0.2, 0) is 4.79 Å². The van der Waals surface area contributed by atoms with Crippen molar-refractivity contribution in [2.24, 2.45) is 5.92 Å². The number of H-pyrrole nitrogens is 1. The molecule has 1 saturated heterocycles. The van der Waals surface area contributed by atoms with Crippen molar-refractivity contribution in [2.45, 2.75) is 31.7 Å². The number of tetrazole rings is 1. The molecule has 1 N–H and O–H groups in total. The van der Waals surface area contributed by atoms with Crippen LogP contribution in [0.3, 0.4) is 0 Å². The molecule has 1 aromatic heterocycles. The average molecular weight is 207 g/mol. The third-order valence-corrected chi connectivity index (χ3v) is 3.12. The summed E-state index contributed by atoms with van der Waals surface area (Å²) in [6, 6.07) is 0.0526. The summed E-state index contributed by atoms with van der Waals surface area (Å²) in [5.41, 5.74) is 0. The molecular formula is C9H13N5O. The SMILES string of the molecule is O=C(C1CC1)N1CCC[C@@H]1c1nn[nH]n1. The van der Waals surface area contributed by atoms with Crippen molar-refractivity contribution in [3.05, 3.63) is 5.82 Å². The molecule has 1 saturated carbocycles. The molecule has 2 fully saturated rings. The van der Waals surface area contributed by atoms with E-state index in [1.807, 2.05) is 4.90 Å². The van der Waals surface area contributed by atoms with E-state index in [-0.39, 0.29) is 17.9 Å². The summed E-state index contributed by atoms with van der Waals surface area (Å²) in [7, 11) is 0. The first-order chi connectivity index (χ1) is 7.36. The van der Waals surface area contributed by atoms with Crippen molar-refractivity contribution in [1.82, 2.24) is 25.5 Å². The van der Waals surface area contributed by atoms with Crippen molar-refractivity contribution >= 4 is 5.91 Å². The monoisotopic (exact) mass is 207 g/mol. The summed E-state index contributed by atoms with van der Waals surface area (Å²) >= 11 is 0. The molecule has 0 unspecified atom stereocenters. The van der Waals surface area contributed by atoms with E-state index in [1.165, 1.54) is 0 Å². The van der Waals surface area contributed by atoms with E-state index >= 15 is 0 Å². The maximum atomic E-state index is 12.0. The highest BCUT2D eigenvalue weighted by Gasteiger charge is 2.40. The molecule has 3 rings (SSSR count). The standard InChI is InChI=1S/C9H13N5O/c15-9(6-3-4-6)14-5-1-2-7(14)8-10-12-13-11-8/h6-7H,1-5H2,(H,10,11,12,13)/t7-/m1/s1. The van der Waals surface area contributed by atoms with Gasteiger partial charge in [0.15, 0.2) is 5.82 Å². The molecule has 0 radical (unpaired) electrons. The lowest BCUT2D eigenvalue weighted by molar-refractivity contribution is -0.133. The number of nitrogens with zero attached hydrogens (tertiary/aromatic N) is 4. The maximum Gasteiger partial charge on any atom is 0.226 e. The Kier molecular flexibility index (Phi) is 1.93. The van der Waals surface area contributed by atoms with E-state index in [9.17, 15) is 4.79 Å². The summed E-state index contributed by atoms with van der Waals surface area (Å²) in [6.07, 6.45) is 4.10. The molecule has 6 nitrogen and oxygen atoms in total. The van der Waals surface area contributed by atoms with E-state index in [1.54, 1.807) is 0 Å². The van der Waals surface area contributed by atoms with Gasteiger partial charge in [-0.15, -0.1) is 10.2 Å². The lowest BCUT2D eigenvalue weighted by Gasteiger charge is -2.21. The van der Waals surface area contributed by atoms with E-state index < -0.39 is 0 Å². The molecule has 2 heterocycles. The minimum Gasteiger partial charge on any atom is -0.332 e. The van der Waals surface area contributed by atoms with Crippen molar-refractivity contribution in [3.8, 4) is 0 Å². The van der Waals surface area contributed by atoms with Crippen LogP contribution in [0, 0.1) is 5.92 Å². The van der Waals surface area contributed by atoms with E-state index in [0.29, 0.717) is 5.82 Å². The van der Waals surface area contributed by atoms with Crippen LogP contribution in [0.25, 0.3) is 0 Å². The Morgan fingerprint density at radius 1 is 1.40 bits per heavy atom. The average Bonchev–Trinajstić information content (AvgIpc) is 2.80. The van der Waals surface area contributed by atoms with E-state index in [4.69, 9.17) is 0 Å². The predicted octanol–water partition coefficient (Wildman–Crippen LogP) is 0.273. The quantitative estimate of drug-likeness (QED) is 0.755. The van der Waals surface area contributed by atoms with Crippen LogP contribution in [0.5, 0.6) is 0 Å². The first kappa shape index (κ1) is 8.82. The number of hydrogen-bond acceptors (Lipinski definition) is 4. The fraction of sp³-hybridized carbons (Fsp3) is 0.778. The van der Waals surface area contributed by atoms with Crippen molar-refractivity contribution in [1.29, 1.82) is 0 Å². The zero-order valence-electron chi connectivity index (χ0n) is 8.39. The van der Waals surface area contributed by atoms with Gasteiger partial charge in [0, 0.05) is 12.5 Å². The molecule has 1 amide bonds. The Labute approximate surface area is 87.0 Å². The van der Waals surface area contributed by atoms with Gasteiger partial charge in [-0.25, -0.2) is 0 Å². The maximum absolute atomic E-state index is 12.0. The summed E-state index contributed by atoms with van der Waals surface area (Å²) in [5.74, 6) is 1.21. The molecule has 0 spiro atoms. The third kappa shape index (κ3) is 1.49. The number of aromatic nitrogens is 4. The van der Waals surface area contributed by atoms with Crippen LogP contribution < -0.4 is 0 Å². The molecule has 1 aromatic rings. The zero-order chi connectivity index (χ0) is 10.3. The first-order valence-electron chi connectivity index (χ1n) is 5.40. The lowest BCUT2D eigenvalue weighted by atomic mass is 10.2. The van der Waals surface area contributed by atoms with Crippen LogP contribution in [0.2, 0.25) is 0 Å². The second-order valence-electron chi connectivity index (χ2n) is 4.23. The van der Waals surface area contributed by atoms with Crippen LogP contribution in [-0.4, -0.2) is 38.0 Å². The molecule has 6 heteroatoms. The van der Waals surface area contributed by atoms with Gasteiger partial charge in [0.2, 0.25) is 5.91 Å². The minimum absolute atomic E-state index is 0.0526. The number of likely N-dealkylation sites (tertiary alicyclic amines) is 1. The number of hydrogen-bond donors (Lipinski definition) is 1. The van der Waals surface area contributed by atoms with Gasteiger partial charge in [0.05, 0.1) is 6.04 Å². The van der Waals surface area contributed by atoms with E-state index in [2.05, 4.69) is 20.6 Å². The lowest BCUT2D eigenvalue weighted by Crippen LogP contribution is -2.32. The summed E-state index contributed by atoms with van der Waals surface area (Å²) in [6.45, 7) is 0.842. The second-order valence-corrected chi connectivity index (χ2v) is 4.23. The zero-order valence-corrected chi connectivity index (χ0v) is 8.39. The molecule has 80 valence electrons. The van der Waals surface area contributed by atoms with Crippen molar-refractivity contribution in [2.75, 3.05) is 6.54 Å². The number of amides is 1. The topological polar surface area (TPSA) is 74.8 Å². The van der Waals surface area contributed by atoms with E-state index in [0.717, 1.165) is 32.2 Å². The van der Waals surface area contributed by atoms with Crippen LogP contribution in [0.15, 0.2) is 0 Å². The Bertz CT molecular complexity index is 359. The van der Waals surface area contributed by atoms with Gasteiger partial charge < -0.3 is 4.90 Å². The highest BCUT2D eigenvalue weighted by Crippen LogP contribution is 2.37. The smallest absolute Gasteiger partial charge is 0.226 e. The number of aromatic amines is 1. The Morgan fingerprint density at radius 2 is 2.27 bits per heavy atom. The number of carbonyl (C=O) groups is 1. The van der Waals surface area contributed by atoms with Gasteiger partial charge in [0.25, 0.3) is 0 Å².